The Morgan fingerprint density at radius 1 is 1.43 bits per heavy atom. The van der Waals surface area contributed by atoms with Crippen molar-refractivity contribution in [3.05, 3.63) is 0 Å². The summed E-state index contributed by atoms with van der Waals surface area (Å²) in [6, 6.07) is 2.48. The number of hydrogen-bond acceptors (Lipinski definition) is 2. The van der Waals surface area contributed by atoms with Crippen LogP contribution in [0.5, 0.6) is 0 Å². The number of nitrogens with zero attached hydrogens (tertiary/aromatic N) is 1. The Hall–Kier alpha value is -0.333. The molecule has 3 atom stereocenters. The Labute approximate surface area is 87.4 Å². The zero-order valence-electron chi connectivity index (χ0n) is 9.34. The van der Waals surface area contributed by atoms with Crippen LogP contribution in [0.1, 0.15) is 25.7 Å². The van der Waals surface area contributed by atoms with Gasteiger partial charge in [0.05, 0.1) is 6.07 Å². The Bertz CT molecular complexity index is 278. The van der Waals surface area contributed by atoms with Crippen molar-refractivity contribution in [2.45, 2.75) is 50.9 Å². The van der Waals surface area contributed by atoms with Gasteiger partial charge in [0, 0.05) is 5.92 Å². The Morgan fingerprint density at radius 2 is 2.14 bits per heavy atom. The van der Waals surface area contributed by atoms with Gasteiger partial charge in [0.25, 0.3) is 0 Å². The van der Waals surface area contributed by atoms with Crippen molar-refractivity contribution < 1.29 is 4.43 Å². The molecule has 2 nitrogen and oxygen atoms in total. The van der Waals surface area contributed by atoms with Crippen molar-refractivity contribution in [2.24, 2.45) is 11.8 Å². The molecule has 2 rings (SSSR count). The van der Waals surface area contributed by atoms with Crippen molar-refractivity contribution in [3.8, 4) is 6.07 Å². The molecule has 3 heteroatoms. The van der Waals surface area contributed by atoms with Crippen LogP contribution in [0, 0.1) is 23.2 Å². The van der Waals surface area contributed by atoms with Gasteiger partial charge in [-0.2, -0.15) is 5.26 Å². The van der Waals surface area contributed by atoms with Crippen molar-refractivity contribution in [2.75, 3.05) is 0 Å². The van der Waals surface area contributed by atoms with E-state index >= 15 is 0 Å². The molecule has 0 N–H and O–H groups in total. The number of hydrogen-bond donors (Lipinski definition) is 0. The summed E-state index contributed by atoms with van der Waals surface area (Å²) in [6.07, 6.45) is 4.70. The summed E-state index contributed by atoms with van der Waals surface area (Å²) in [4.78, 5) is 0. The minimum absolute atomic E-state index is 0.395. The molecule has 2 saturated carbocycles. The first kappa shape index (κ1) is 10.2. The van der Waals surface area contributed by atoms with E-state index in [-0.39, 0.29) is 0 Å². The highest BCUT2D eigenvalue weighted by Gasteiger charge is 2.57. The predicted octanol–water partition coefficient (Wildman–Crippen LogP) is 2.92. The zero-order chi connectivity index (χ0) is 10.4. The summed E-state index contributed by atoms with van der Waals surface area (Å²) < 4.78 is 6.15. The molecular formula is C11H19NOSi. The van der Waals surface area contributed by atoms with Crippen molar-refractivity contribution in [3.63, 3.8) is 0 Å². The Kier molecular flexibility index (Phi) is 2.24. The SMILES string of the molecule is C[Si](C)(C)OC1(C#N)CCCC2CC21. The third-order valence-electron chi connectivity index (χ3n) is 3.32. The lowest BCUT2D eigenvalue weighted by molar-refractivity contribution is 0.0624. The summed E-state index contributed by atoms with van der Waals surface area (Å²) >= 11 is 0. The van der Waals surface area contributed by atoms with Crippen molar-refractivity contribution in [1.29, 1.82) is 5.26 Å². The molecule has 0 aromatic carbocycles. The van der Waals surface area contributed by atoms with E-state index in [0.29, 0.717) is 5.92 Å². The van der Waals surface area contributed by atoms with Gasteiger partial charge in [-0.05, 0) is 51.2 Å². The van der Waals surface area contributed by atoms with Gasteiger partial charge in [-0.15, -0.1) is 0 Å². The lowest BCUT2D eigenvalue weighted by Gasteiger charge is -2.36. The molecule has 2 aliphatic rings. The highest BCUT2D eigenvalue weighted by molar-refractivity contribution is 6.69. The second-order valence-corrected chi connectivity index (χ2v) is 10.1. The Morgan fingerprint density at radius 3 is 2.71 bits per heavy atom. The van der Waals surface area contributed by atoms with Crippen LogP contribution in [-0.2, 0) is 4.43 Å². The third-order valence-corrected chi connectivity index (χ3v) is 4.30. The van der Waals surface area contributed by atoms with Crippen LogP contribution in [0.25, 0.3) is 0 Å². The van der Waals surface area contributed by atoms with E-state index in [0.717, 1.165) is 12.3 Å². The topological polar surface area (TPSA) is 33.0 Å². The first-order chi connectivity index (χ1) is 6.47. The maximum atomic E-state index is 9.35. The van der Waals surface area contributed by atoms with E-state index in [1.54, 1.807) is 0 Å². The molecule has 2 aliphatic carbocycles. The summed E-state index contributed by atoms with van der Waals surface area (Å²) in [7, 11) is -1.58. The molecule has 0 aliphatic heterocycles. The first-order valence-corrected chi connectivity index (χ1v) is 8.99. The van der Waals surface area contributed by atoms with Crippen LogP contribution < -0.4 is 0 Å². The van der Waals surface area contributed by atoms with E-state index in [9.17, 15) is 5.26 Å². The fourth-order valence-electron chi connectivity index (χ4n) is 2.78. The fourth-order valence-corrected chi connectivity index (χ4v) is 4.18. The van der Waals surface area contributed by atoms with Crippen LogP contribution in [0.3, 0.4) is 0 Å². The van der Waals surface area contributed by atoms with Crippen LogP contribution in [0.4, 0.5) is 0 Å². The smallest absolute Gasteiger partial charge is 0.185 e. The standard InChI is InChI=1S/C11H19NOSi/c1-14(2,3)13-11(8-12)6-4-5-9-7-10(9)11/h9-10H,4-7H2,1-3H3. The van der Waals surface area contributed by atoms with Gasteiger partial charge in [0.15, 0.2) is 8.32 Å². The lowest BCUT2D eigenvalue weighted by Crippen LogP contribution is -2.45. The second-order valence-electron chi connectivity index (χ2n) is 5.71. The summed E-state index contributed by atoms with van der Waals surface area (Å²) in [5, 5.41) is 9.35. The maximum Gasteiger partial charge on any atom is 0.185 e. The van der Waals surface area contributed by atoms with Gasteiger partial charge in [0.1, 0.15) is 5.60 Å². The van der Waals surface area contributed by atoms with E-state index in [4.69, 9.17) is 4.43 Å². The molecule has 14 heavy (non-hydrogen) atoms. The number of nitriles is 1. The molecule has 0 spiro atoms. The average Bonchev–Trinajstić information content (AvgIpc) is 2.81. The first-order valence-electron chi connectivity index (χ1n) is 5.58. The van der Waals surface area contributed by atoms with Gasteiger partial charge in [-0.3, -0.25) is 0 Å². The molecule has 0 heterocycles. The van der Waals surface area contributed by atoms with E-state index < -0.39 is 13.9 Å². The molecule has 0 radical (unpaired) electrons. The van der Waals surface area contributed by atoms with Gasteiger partial charge >= 0.3 is 0 Å². The molecule has 2 fully saturated rings. The zero-order valence-corrected chi connectivity index (χ0v) is 10.3. The molecule has 0 amide bonds. The molecule has 0 aromatic rings. The molecule has 78 valence electrons. The van der Waals surface area contributed by atoms with E-state index in [1.165, 1.54) is 19.3 Å². The fraction of sp³-hybridized carbons (Fsp3) is 0.909. The quantitative estimate of drug-likeness (QED) is 0.655. The minimum atomic E-state index is -1.58. The number of fused-ring (bicyclic) bond motifs is 1. The second kappa shape index (κ2) is 3.08. The molecule has 0 saturated heterocycles. The summed E-state index contributed by atoms with van der Waals surface area (Å²) in [5.74, 6) is 1.37. The maximum absolute atomic E-state index is 9.35. The molecular weight excluding hydrogens is 190 g/mol. The average molecular weight is 209 g/mol. The van der Waals surface area contributed by atoms with E-state index in [1.807, 2.05) is 0 Å². The molecule has 3 unspecified atom stereocenters. The van der Waals surface area contributed by atoms with Crippen molar-refractivity contribution >= 4 is 8.32 Å². The van der Waals surface area contributed by atoms with Crippen molar-refractivity contribution in [1.82, 2.24) is 0 Å². The van der Waals surface area contributed by atoms with Crippen LogP contribution in [0.15, 0.2) is 0 Å². The van der Waals surface area contributed by atoms with Crippen LogP contribution in [0.2, 0.25) is 19.6 Å². The number of rotatable bonds is 2. The summed E-state index contributed by atoms with van der Waals surface area (Å²) in [5.41, 5.74) is -0.395. The van der Waals surface area contributed by atoms with E-state index in [2.05, 4.69) is 25.7 Å². The van der Waals surface area contributed by atoms with Gasteiger partial charge < -0.3 is 4.43 Å². The normalized spacial score (nSPS) is 41.3. The Balaban J connectivity index is 2.14. The van der Waals surface area contributed by atoms with Gasteiger partial charge in [0.2, 0.25) is 0 Å². The summed E-state index contributed by atoms with van der Waals surface area (Å²) in [6.45, 7) is 6.54. The molecule has 0 aromatic heterocycles. The van der Waals surface area contributed by atoms with Crippen LogP contribution in [-0.4, -0.2) is 13.9 Å². The van der Waals surface area contributed by atoms with Crippen LogP contribution >= 0.6 is 0 Å². The largest absolute Gasteiger partial charge is 0.400 e. The predicted molar refractivity (Wildman–Crippen MR) is 58.2 cm³/mol. The molecule has 0 bridgehead atoms. The minimum Gasteiger partial charge on any atom is -0.400 e. The third kappa shape index (κ3) is 1.73. The monoisotopic (exact) mass is 209 g/mol. The highest BCUT2D eigenvalue weighted by atomic mass is 28.4. The van der Waals surface area contributed by atoms with Gasteiger partial charge in [-0.25, -0.2) is 0 Å². The van der Waals surface area contributed by atoms with Gasteiger partial charge in [-0.1, -0.05) is 0 Å². The lowest BCUT2D eigenvalue weighted by atomic mass is 9.86. The highest BCUT2D eigenvalue weighted by Crippen LogP contribution is 2.56.